The molecule has 0 atom stereocenters. The quantitative estimate of drug-likeness (QED) is 0.746. The van der Waals surface area contributed by atoms with Gasteiger partial charge in [0.2, 0.25) is 11.8 Å². The average Bonchev–Trinajstić information content (AvgIpc) is 2.39. The predicted molar refractivity (Wildman–Crippen MR) is 76.8 cm³/mol. The molecule has 2 amide bonds. The van der Waals surface area contributed by atoms with Crippen LogP contribution in [0.25, 0.3) is 0 Å². The van der Waals surface area contributed by atoms with E-state index in [4.69, 9.17) is 5.73 Å². The number of benzene rings is 1. The Hall–Kier alpha value is -1.95. The van der Waals surface area contributed by atoms with Gasteiger partial charge < -0.3 is 16.4 Å². The first kappa shape index (κ1) is 16.1. The standard InChI is InChI=1S/C14H20FN3O2/c1-9(2)14(20)18-11-6-5-10(15)8-12(11)17-13(19)4-3-7-16/h5-6,8-9H,3-4,7,16H2,1-2H3,(H,17,19)(H,18,20). The van der Waals surface area contributed by atoms with Crippen LogP contribution in [0.5, 0.6) is 0 Å². The summed E-state index contributed by atoms with van der Waals surface area (Å²) in [6.07, 6.45) is 0.805. The van der Waals surface area contributed by atoms with Crippen molar-refractivity contribution in [2.75, 3.05) is 17.2 Å². The molecule has 4 N–H and O–H groups in total. The van der Waals surface area contributed by atoms with Crippen molar-refractivity contribution in [3.05, 3.63) is 24.0 Å². The second kappa shape index (κ2) is 7.59. The van der Waals surface area contributed by atoms with E-state index in [1.165, 1.54) is 18.2 Å². The fourth-order valence-corrected chi connectivity index (χ4v) is 1.48. The van der Waals surface area contributed by atoms with E-state index in [2.05, 4.69) is 10.6 Å². The summed E-state index contributed by atoms with van der Waals surface area (Å²) in [5, 5.41) is 5.23. The molecule has 0 aliphatic carbocycles. The van der Waals surface area contributed by atoms with Gasteiger partial charge in [-0.1, -0.05) is 13.8 Å². The summed E-state index contributed by atoms with van der Waals surface area (Å²) in [4.78, 5) is 23.3. The lowest BCUT2D eigenvalue weighted by Gasteiger charge is -2.13. The second-order valence-corrected chi connectivity index (χ2v) is 4.77. The Labute approximate surface area is 117 Å². The number of nitrogens with two attached hydrogens (primary N) is 1. The van der Waals surface area contributed by atoms with Crippen LogP contribution < -0.4 is 16.4 Å². The molecule has 20 heavy (non-hydrogen) atoms. The maximum atomic E-state index is 13.3. The number of anilines is 2. The molecule has 0 aromatic heterocycles. The van der Waals surface area contributed by atoms with E-state index in [0.717, 1.165) is 0 Å². The van der Waals surface area contributed by atoms with Crippen LogP contribution in [-0.2, 0) is 9.59 Å². The number of carbonyl (C=O) groups excluding carboxylic acids is 2. The largest absolute Gasteiger partial charge is 0.330 e. The molecule has 0 fully saturated rings. The molecule has 0 aliphatic rings. The lowest BCUT2D eigenvalue weighted by molar-refractivity contribution is -0.119. The van der Waals surface area contributed by atoms with Gasteiger partial charge in [-0.25, -0.2) is 4.39 Å². The zero-order valence-electron chi connectivity index (χ0n) is 11.7. The first-order chi connectivity index (χ1) is 9.43. The third-order valence-corrected chi connectivity index (χ3v) is 2.65. The zero-order valence-corrected chi connectivity index (χ0v) is 11.7. The molecule has 1 rings (SSSR count). The van der Waals surface area contributed by atoms with Crippen molar-refractivity contribution >= 4 is 23.2 Å². The van der Waals surface area contributed by atoms with Crippen molar-refractivity contribution < 1.29 is 14.0 Å². The molecule has 1 aromatic carbocycles. The summed E-state index contributed by atoms with van der Waals surface area (Å²) in [5.41, 5.74) is 5.96. The predicted octanol–water partition coefficient (Wildman–Crippen LogP) is 2.10. The summed E-state index contributed by atoms with van der Waals surface area (Å²) in [6.45, 7) is 3.91. The lowest BCUT2D eigenvalue weighted by atomic mass is 10.2. The van der Waals surface area contributed by atoms with Crippen LogP contribution >= 0.6 is 0 Å². The highest BCUT2D eigenvalue weighted by molar-refractivity contribution is 6.00. The van der Waals surface area contributed by atoms with Gasteiger partial charge in [0.25, 0.3) is 0 Å². The minimum Gasteiger partial charge on any atom is -0.330 e. The van der Waals surface area contributed by atoms with E-state index in [-0.39, 0.29) is 29.8 Å². The van der Waals surface area contributed by atoms with Gasteiger partial charge in [-0.15, -0.1) is 0 Å². The van der Waals surface area contributed by atoms with Crippen LogP contribution in [0.3, 0.4) is 0 Å². The molecule has 0 aliphatic heterocycles. The molecular weight excluding hydrogens is 261 g/mol. The molecule has 1 aromatic rings. The number of nitrogens with one attached hydrogen (secondary N) is 2. The van der Waals surface area contributed by atoms with Gasteiger partial charge >= 0.3 is 0 Å². The van der Waals surface area contributed by atoms with E-state index in [0.29, 0.717) is 18.7 Å². The Morgan fingerprint density at radius 2 is 1.95 bits per heavy atom. The summed E-state index contributed by atoms with van der Waals surface area (Å²) < 4.78 is 13.3. The second-order valence-electron chi connectivity index (χ2n) is 4.77. The SMILES string of the molecule is CC(C)C(=O)Nc1ccc(F)cc1NC(=O)CCCN. The topological polar surface area (TPSA) is 84.2 Å². The molecule has 0 saturated heterocycles. The van der Waals surface area contributed by atoms with Crippen LogP contribution in [0.1, 0.15) is 26.7 Å². The van der Waals surface area contributed by atoms with Crippen LogP contribution in [0.4, 0.5) is 15.8 Å². The Bertz CT molecular complexity index is 489. The molecule has 0 heterocycles. The smallest absolute Gasteiger partial charge is 0.226 e. The van der Waals surface area contributed by atoms with Crippen molar-refractivity contribution in [3.8, 4) is 0 Å². The van der Waals surface area contributed by atoms with Crippen molar-refractivity contribution in [2.24, 2.45) is 11.7 Å². The fourth-order valence-electron chi connectivity index (χ4n) is 1.48. The van der Waals surface area contributed by atoms with Gasteiger partial charge in [-0.3, -0.25) is 9.59 Å². The third kappa shape index (κ3) is 4.97. The summed E-state index contributed by atoms with van der Waals surface area (Å²) in [7, 11) is 0. The molecule has 0 radical (unpaired) electrons. The van der Waals surface area contributed by atoms with Crippen molar-refractivity contribution in [3.63, 3.8) is 0 Å². The Morgan fingerprint density at radius 3 is 2.55 bits per heavy atom. The third-order valence-electron chi connectivity index (χ3n) is 2.65. The number of amides is 2. The van der Waals surface area contributed by atoms with Crippen molar-refractivity contribution in [1.82, 2.24) is 0 Å². The maximum Gasteiger partial charge on any atom is 0.226 e. The molecule has 0 saturated carbocycles. The Kier molecular flexibility index (Phi) is 6.11. The highest BCUT2D eigenvalue weighted by atomic mass is 19.1. The minimum atomic E-state index is -0.485. The fraction of sp³-hybridized carbons (Fsp3) is 0.429. The van der Waals surface area contributed by atoms with Gasteiger partial charge in [-0.05, 0) is 31.2 Å². The van der Waals surface area contributed by atoms with E-state index >= 15 is 0 Å². The molecule has 0 spiro atoms. The molecule has 0 unspecified atom stereocenters. The number of halogens is 1. The number of carbonyl (C=O) groups is 2. The molecule has 0 bridgehead atoms. The van der Waals surface area contributed by atoms with Gasteiger partial charge in [0, 0.05) is 12.3 Å². The lowest BCUT2D eigenvalue weighted by Crippen LogP contribution is -2.20. The normalized spacial score (nSPS) is 10.4. The molecule has 110 valence electrons. The highest BCUT2D eigenvalue weighted by Gasteiger charge is 2.12. The first-order valence-corrected chi connectivity index (χ1v) is 6.54. The Morgan fingerprint density at radius 1 is 1.25 bits per heavy atom. The van der Waals surface area contributed by atoms with Crippen LogP contribution in [0.15, 0.2) is 18.2 Å². The first-order valence-electron chi connectivity index (χ1n) is 6.54. The Balaban J connectivity index is 2.84. The highest BCUT2D eigenvalue weighted by Crippen LogP contribution is 2.23. The van der Waals surface area contributed by atoms with Gasteiger partial charge in [0.15, 0.2) is 0 Å². The molecule has 6 heteroatoms. The van der Waals surface area contributed by atoms with E-state index in [9.17, 15) is 14.0 Å². The molecular formula is C14H20FN3O2. The number of hydrogen-bond acceptors (Lipinski definition) is 3. The van der Waals surface area contributed by atoms with E-state index in [1.54, 1.807) is 13.8 Å². The summed E-state index contributed by atoms with van der Waals surface area (Å²) >= 11 is 0. The van der Waals surface area contributed by atoms with Gasteiger partial charge in [-0.2, -0.15) is 0 Å². The van der Waals surface area contributed by atoms with Crippen LogP contribution in [0, 0.1) is 11.7 Å². The zero-order chi connectivity index (χ0) is 15.1. The van der Waals surface area contributed by atoms with E-state index in [1.807, 2.05) is 0 Å². The number of hydrogen-bond donors (Lipinski definition) is 3. The van der Waals surface area contributed by atoms with Crippen molar-refractivity contribution in [1.29, 1.82) is 0 Å². The van der Waals surface area contributed by atoms with Crippen LogP contribution in [0.2, 0.25) is 0 Å². The van der Waals surface area contributed by atoms with Crippen molar-refractivity contribution in [2.45, 2.75) is 26.7 Å². The maximum absolute atomic E-state index is 13.3. The monoisotopic (exact) mass is 281 g/mol. The number of rotatable bonds is 6. The summed E-state index contributed by atoms with van der Waals surface area (Å²) in [5.74, 6) is -1.15. The van der Waals surface area contributed by atoms with E-state index < -0.39 is 5.82 Å². The summed E-state index contributed by atoms with van der Waals surface area (Å²) in [6, 6.07) is 3.83. The average molecular weight is 281 g/mol. The minimum absolute atomic E-state index is 0.200. The van der Waals surface area contributed by atoms with Crippen LogP contribution in [-0.4, -0.2) is 18.4 Å². The van der Waals surface area contributed by atoms with Gasteiger partial charge in [0.05, 0.1) is 11.4 Å². The molecule has 5 nitrogen and oxygen atoms in total. The van der Waals surface area contributed by atoms with Gasteiger partial charge in [0.1, 0.15) is 5.82 Å².